The van der Waals surface area contributed by atoms with E-state index in [1.54, 1.807) is 24.0 Å². The molecule has 0 aliphatic carbocycles. The minimum Gasteiger partial charge on any atom is -0.351 e. The summed E-state index contributed by atoms with van der Waals surface area (Å²) in [5, 5.41) is 7.58. The number of hydrogen-bond acceptors (Lipinski definition) is 4. The molecule has 1 aliphatic rings. The standard InChI is InChI=1S/C25H17F3N4OS/c1-14-21(24-30-23(31-33-24)16-8-5-9-17(26)12-16)22(15-6-3-2-4-7-15)29-25(34)32(14)18-10-11-19(27)20(28)13-18/h2-13,22H,1H3,(H,29,34). The fraction of sp³-hybridized carbons (Fsp3) is 0.0800. The second-order valence-corrected chi connectivity index (χ2v) is 8.05. The van der Waals surface area contributed by atoms with Crippen LogP contribution >= 0.6 is 12.2 Å². The molecule has 4 aromatic rings. The molecular weight excluding hydrogens is 461 g/mol. The quantitative estimate of drug-likeness (QED) is 0.362. The first-order valence-corrected chi connectivity index (χ1v) is 10.7. The first kappa shape index (κ1) is 21.8. The van der Waals surface area contributed by atoms with Gasteiger partial charge in [0.1, 0.15) is 5.82 Å². The van der Waals surface area contributed by atoms with Gasteiger partial charge in [-0.2, -0.15) is 4.98 Å². The number of benzene rings is 3. The number of aromatic nitrogens is 2. The van der Waals surface area contributed by atoms with Gasteiger partial charge in [0.15, 0.2) is 16.7 Å². The molecule has 0 bridgehead atoms. The van der Waals surface area contributed by atoms with Crippen LogP contribution < -0.4 is 10.2 Å². The average molecular weight is 478 g/mol. The molecule has 1 unspecified atom stereocenters. The van der Waals surface area contributed by atoms with Crippen molar-refractivity contribution in [3.8, 4) is 11.4 Å². The molecule has 3 aromatic carbocycles. The van der Waals surface area contributed by atoms with Crippen LogP contribution in [0.2, 0.25) is 0 Å². The molecular formula is C25H17F3N4OS. The number of rotatable bonds is 4. The van der Waals surface area contributed by atoms with E-state index in [0.29, 0.717) is 27.6 Å². The lowest BCUT2D eigenvalue weighted by Gasteiger charge is -2.37. The van der Waals surface area contributed by atoms with E-state index in [4.69, 9.17) is 16.7 Å². The molecule has 9 heteroatoms. The Balaban J connectivity index is 1.66. The summed E-state index contributed by atoms with van der Waals surface area (Å²) in [5.41, 5.74) is 2.87. The molecule has 0 saturated carbocycles. The molecule has 5 nitrogen and oxygen atoms in total. The van der Waals surface area contributed by atoms with E-state index in [9.17, 15) is 13.2 Å². The number of hydrogen-bond donors (Lipinski definition) is 1. The average Bonchev–Trinajstić information content (AvgIpc) is 3.31. The molecule has 0 saturated heterocycles. The van der Waals surface area contributed by atoms with Gasteiger partial charge in [-0.1, -0.05) is 47.6 Å². The minimum absolute atomic E-state index is 0.188. The van der Waals surface area contributed by atoms with Crippen molar-refractivity contribution in [2.24, 2.45) is 0 Å². The van der Waals surface area contributed by atoms with Gasteiger partial charge < -0.3 is 9.84 Å². The Morgan fingerprint density at radius 1 is 0.941 bits per heavy atom. The Hall–Kier alpha value is -3.98. The van der Waals surface area contributed by atoms with Crippen molar-refractivity contribution >= 4 is 28.6 Å². The molecule has 0 spiro atoms. The van der Waals surface area contributed by atoms with Gasteiger partial charge >= 0.3 is 0 Å². The lowest BCUT2D eigenvalue weighted by Crippen LogP contribution is -2.46. The first-order valence-electron chi connectivity index (χ1n) is 10.3. The van der Waals surface area contributed by atoms with Crippen LogP contribution in [0, 0.1) is 17.5 Å². The molecule has 1 aromatic heterocycles. The maximum Gasteiger partial charge on any atom is 0.258 e. The second kappa shape index (κ2) is 8.75. The monoisotopic (exact) mass is 478 g/mol. The third-order valence-corrected chi connectivity index (χ3v) is 5.82. The molecule has 170 valence electrons. The fourth-order valence-electron chi connectivity index (χ4n) is 3.93. The van der Waals surface area contributed by atoms with Gasteiger partial charge in [-0.15, -0.1) is 0 Å². The van der Waals surface area contributed by atoms with Crippen molar-refractivity contribution in [2.75, 3.05) is 4.90 Å². The number of anilines is 1. The summed E-state index contributed by atoms with van der Waals surface area (Å²) in [4.78, 5) is 6.09. The Morgan fingerprint density at radius 3 is 2.47 bits per heavy atom. The van der Waals surface area contributed by atoms with Gasteiger partial charge in [0, 0.05) is 17.3 Å². The van der Waals surface area contributed by atoms with Gasteiger partial charge in [-0.25, -0.2) is 13.2 Å². The summed E-state index contributed by atoms with van der Waals surface area (Å²) in [6.07, 6.45) is 0. The van der Waals surface area contributed by atoms with Crippen LogP contribution in [0.1, 0.15) is 24.4 Å². The SMILES string of the molecule is CC1=C(c2nc(-c3cccc(F)c3)no2)C(c2ccccc2)NC(=S)N1c1ccc(F)c(F)c1. The van der Waals surface area contributed by atoms with Gasteiger partial charge in [-0.3, -0.25) is 4.90 Å². The molecule has 1 N–H and O–H groups in total. The van der Waals surface area contributed by atoms with Crippen LogP contribution in [0.5, 0.6) is 0 Å². The van der Waals surface area contributed by atoms with Gasteiger partial charge in [-0.05, 0) is 49.0 Å². The molecule has 2 heterocycles. The summed E-state index contributed by atoms with van der Waals surface area (Å²) in [7, 11) is 0. The van der Waals surface area contributed by atoms with Crippen molar-refractivity contribution in [2.45, 2.75) is 13.0 Å². The highest BCUT2D eigenvalue weighted by Crippen LogP contribution is 2.39. The number of nitrogens with one attached hydrogen (secondary N) is 1. The van der Waals surface area contributed by atoms with Gasteiger partial charge in [0.2, 0.25) is 5.82 Å². The van der Waals surface area contributed by atoms with Crippen LogP contribution in [-0.4, -0.2) is 15.3 Å². The maximum absolute atomic E-state index is 14.0. The zero-order chi connectivity index (χ0) is 23.8. The predicted octanol–water partition coefficient (Wildman–Crippen LogP) is 6.02. The summed E-state index contributed by atoms with van der Waals surface area (Å²) in [6.45, 7) is 1.78. The number of nitrogens with zero attached hydrogens (tertiary/aromatic N) is 3. The Morgan fingerprint density at radius 2 is 1.74 bits per heavy atom. The Kier molecular flexibility index (Phi) is 5.62. The van der Waals surface area contributed by atoms with E-state index in [2.05, 4.69) is 15.5 Å². The topological polar surface area (TPSA) is 54.2 Å². The molecule has 0 fully saturated rings. The maximum atomic E-state index is 14.0. The summed E-state index contributed by atoms with van der Waals surface area (Å²) in [5.74, 6) is -1.97. The highest BCUT2D eigenvalue weighted by molar-refractivity contribution is 7.80. The van der Waals surface area contributed by atoms with Crippen LogP contribution in [0.4, 0.5) is 18.9 Å². The van der Waals surface area contributed by atoms with Crippen LogP contribution in [0.3, 0.4) is 0 Å². The smallest absolute Gasteiger partial charge is 0.258 e. The number of halogens is 3. The lowest BCUT2D eigenvalue weighted by atomic mass is 9.94. The molecule has 0 amide bonds. The van der Waals surface area contributed by atoms with E-state index < -0.39 is 23.5 Å². The van der Waals surface area contributed by atoms with E-state index in [-0.39, 0.29) is 11.7 Å². The third kappa shape index (κ3) is 3.94. The Bertz CT molecular complexity index is 1420. The highest BCUT2D eigenvalue weighted by Gasteiger charge is 2.35. The molecule has 1 atom stereocenters. The lowest BCUT2D eigenvalue weighted by molar-refractivity contribution is 0.404. The largest absolute Gasteiger partial charge is 0.351 e. The summed E-state index contributed by atoms with van der Waals surface area (Å²) in [6, 6.07) is 18.5. The van der Waals surface area contributed by atoms with Crippen molar-refractivity contribution in [3.63, 3.8) is 0 Å². The highest BCUT2D eigenvalue weighted by atomic mass is 32.1. The summed E-state index contributed by atoms with van der Waals surface area (Å²) >= 11 is 5.59. The zero-order valence-corrected chi connectivity index (χ0v) is 18.6. The molecule has 5 rings (SSSR count). The first-order chi connectivity index (χ1) is 16.4. The Labute approximate surface area is 198 Å². The van der Waals surface area contributed by atoms with Crippen molar-refractivity contribution in [1.29, 1.82) is 0 Å². The van der Waals surface area contributed by atoms with Gasteiger partial charge in [0.25, 0.3) is 5.89 Å². The number of allylic oxidation sites excluding steroid dienone is 1. The summed E-state index contributed by atoms with van der Waals surface area (Å²) < 4.78 is 46.9. The van der Waals surface area contributed by atoms with Gasteiger partial charge in [0.05, 0.1) is 17.3 Å². The van der Waals surface area contributed by atoms with Crippen molar-refractivity contribution < 1.29 is 17.7 Å². The van der Waals surface area contributed by atoms with Crippen LogP contribution in [0.25, 0.3) is 17.0 Å². The van der Waals surface area contributed by atoms with Crippen molar-refractivity contribution in [3.05, 3.63) is 107 Å². The molecule has 34 heavy (non-hydrogen) atoms. The van der Waals surface area contributed by atoms with Crippen LogP contribution in [-0.2, 0) is 0 Å². The van der Waals surface area contributed by atoms with E-state index >= 15 is 0 Å². The number of thiocarbonyl (C=S) groups is 1. The predicted molar refractivity (Wildman–Crippen MR) is 126 cm³/mol. The van der Waals surface area contributed by atoms with E-state index in [1.807, 2.05) is 30.3 Å². The fourth-order valence-corrected chi connectivity index (χ4v) is 4.29. The molecule has 0 radical (unpaired) electrons. The zero-order valence-electron chi connectivity index (χ0n) is 17.8. The van der Waals surface area contributed by atoms with E-state index in [1.165, 1.54) is 18.2 Å². The normalized spacial score (nSPS) is 16.1. The molecule has 1 aliphatic heterocycles. The van der Waals surface area contributed by atoms with E-state index in [0.717, 1.165) is 17.7 Å². The minimum atomic E-state index is -0.994. The second-order valence-electron chi connectivity index (χ2n) is 7.66. The van der Waals surface area contributed by atoms with Crippen molar-refractivity contribution in [1.82, 2.24) is 15.5 Å². The third-order valence-electron chi connectivity index (χ3n) is 5.52. The van der Waals surface area contributed by atoms with Crippen LogP contribution in [0.15, 0.2) is 83.0 Å².